The Bertz CT molecular complexity index is 1580. The Hall–Kier alpha value is -4.42. The quantitative estimate of drug-likeness (QED) is 0.183. The van der Waals surface area contributed by atoms with Gasteiger partial charge >= 0.3 is 0 Å². The maximum Gasteiger partial charge on any atom is 0.260 e. The third kappa shape index (κ3) is 5.14. The molecule has 0 unspecified atom stereocenters. The highest BCUT2D eigenvalue weighted by Gasteiger charge is 2.12. The SMILES string of the molecule is O=C(Cn1c2ccccc2c(=O)c2ccccc21)N/N=C\c1cccc(OCc2ccc(Cl)cc2)c1. The van der Waals surface area contributed by atoms with Crippen molar-refractivity contribution in [2.24, 2.45) is 5.10 Å². The average molecular weight is 496 g/mol. The van der Waals surface area contributed by atoms with Crippen LogP contribution in [-0.4, -0.2) is 16.7 Å². The number of ether oxygens (including phenoxy) is 1. The van der Waals surface area contributed by atoms with E-state index < -0.39 is 0 Å². The number of amides is 1. The number of hydrogen-bond donors (Lipinski definition) is 1. The second-order valence-electron chi connectivity index (χ2n) is 8.23. The van der Waals surface area contributed by atoms with E-state index in [9.17, 15) is 9.59 Å². The number of benzene rings is 4. The van der Waals surface area contributed by atoms with E-state index in [4.69, 9.17) is 16.3 Å². The minimum Gasteiger partial charge on any atom is -0.489 e. The van der Waals surface area contributed by atoms with E-state index in [1.807, 2.05) is 89.5 Å². The summed E-state index contributed by atoms with van der Waals surface area (Å²) in [5.74, 6) is 0.381. The summed E-state index contributed by atoms with van der Waals surface area (Å²) in [6.45, 7) is 0.429. The number of para-hydroxylation sites is 2. The minimum atomic E-state index is -0.305. The second kappa shape index (κ2) is 10.5. The van der Waals surface area contributed by atoms with E-state index >= 15 is 0 Å². The van der Waals surface area contributed by atoms with E-state index in [0.29, 0.717) is 39.2 Å². The molecule has 1 heterocycles. The van der Waals surface area contributed by atoms with Gasteiger partial charge in [-0.15, -0.1) is 0 Å². The Morgan fingerprint density at radius 2 is 1.56 bits per heavy atom. The molecule has 0 aliphatic heterocycles. The van der Waals surface area contributed by atoms with E-state index in [2.05, 4.69) is 10.5 Å². The van der Waals surface area contributed by atoms with Crippen LogP contribution in [0.25, 0.3) is 21.8 Å². The van der Waals surface area contributed by atoms with E-state index in [1.165, 1.54) is 0 Å². The standard InChI is InChI=1S/C29H22ClN3O3/c30-22-14-12-20(13-15-22)19-36-23-7-5-6-21(16-23)17-31-32-28(34)18-33-26-10-3-1-8-24(26)29(35)25-9-2-4-11-27(25)33/h1-17H,18-19H2,(H,32,34)/b31-17-. The molecule has 0 saturated heterocycles. The fourth-order valence-electron chi connectivity index (χ4n) is 4.04. The van der Waals surface area contributed by atoms with Gasteiger partial charge in [0.25, 0.3) is 5.91 Å². The number of rotatable bonds is 7. The Balaban J connectivity index is 1.28. The summed E-state index contributed by atoms with van der Waals surface area (Å²) in [4.78, 5) is 25.6. The first kappa shape index (κ1) is 23.3. The summed E-state index contributed by atoms with van der Waals surface area (Å²) >= 11 is 5.92. The van der Waals surface area contributed by atoms with Crippen LogP contribution in [0.15, 0.2) is 107 Å². The van der Waals surface area contributed by atoms with Crippen molar-refractivity contribution >= 4 is 45.5 Å². The summed E-state index contributed by atoms with van der Waals surface area (Å²) < 4.78 is 7.68. The summed E-state index contributed by atoms with van der Waals surface area (Å²) in [6.07, 6.45) is 1.56. The molecular weight excluding hydrogens is 474 g/mol. The number of pyridine rings is 1. The summed E-state index contributed by atoms with van der Waals surface area (Å²) in [5.41, 5.74) is 5.73. The van der Waals surface area contributed by atoms with Gasteiger partial charge in [-0.3, -0.25) is 9.59 Å². The molecule has 0 fully saturated rings. The normalized spacial score (nSPS) is 11.2. The zero-order chi connectivity index (χ0) is 24.9. The van der Waals surface area contributed by atoms with Gasteiger partial charge in [0.15, 0.2) is 5.43 Å². The summed E-state index contributed by atoms with van der Waals surface area (Å²) in [7, 11) is 0. The molecule has 1 amide bonds. The van der Waals surface area contributed by atoms with Crippen LogP contribution in [0.4, 0.5) is 0 Å². The number of nitrogens with one attached hydrogen (secondary N) is 1. The third-order valence-electron chi connectivity index (χ3n) is 5.76. The maximum absolute atomic E-state index is 12.9. The molecule has 0 bridgehead atoms. The Kier molecular flexibility index (Phi) is 6.78. The van der Waals surface area contributed by atoms with Gasteiger partial charge in [0.1, 0.15) is 18.9 Å². The molecule has 0 spiro atoms. The van der Waals surface area contributed by atoms with E-state index in [-0.39, 0.29) is 17.9 Å². The summed E-state index contributed by atoms with van der Waals surface area (Å²) in [5, 5.41) is 5.94. The van der Waals surface area contributed by atoms with Crippen molar-refractivity contribution in [3.63, 3.8) is 0 Å². The molecule has 5 rings (SSSR count). The van der Waals surface area contributed by atoms with Gasteiger partial charge < -0.3 is 9.30 Å². The van der Waals surface area contributed by atoms with Crippen molar-refractivity contribution in [1.29, 1.82) is 0 Å². The molecule has 0 aliphatic carbocycles. The van der Waals surface area contributed by atoms with Crippen molar-refractivity contribution in [1.82, 2.24) is 9.99 Å². The van der Waals surface area contributed by atoms with Crippen LogP contribution in [0.2, 0.25) is 5.02 Å². The lowest BCUT2D eigenvalue weighted by molar-refractivity contribution is -0.121. The fraction of sp³-hybridized carbons (Fsp3) is 0.0690. The van der Waals surface area contributed by atoms with Gasteiger partial charge in [-0.05, 0) is 59.7 Å². The van der Waals surface area contributed by atoms with Crippen LogP contribution in [0, 0.1) is 0 Å². The number of hydrazone groups is 1. The molecule has 6 nitrogen and oxygen atoms in total. The molecular formula is C29H22ClN3O3. The molecule has 4 aromatic carbocycles. The van der Waals surface area contributed by atoms with Crippen LogP contribution in [0.3, 0.4) is 0 Å². The molecule has 1 aromatic heterocycles. The van der Waals surface area contributed by atoms with Crippen LogP contribution in [0.1, 0.15) is 11.1 Å². The molecule has 0 atom stereocenters. The van der Waals surface area contributed by atoms with Gasteiger partial charge in [0.05, 0.1) is 17.2 Å². The van der Waals surface area contributed by atoms with E-state index in [1.54, 1.807) is 18.3 Å². The first-order chi connectivity index (χ1) is 17.6. The van der Waals surface area contributed by atoms with Crippen molar-refractivity contribution in [3.8, 4) is 5.75 Å². The molecule has 7 heteroatoms. The van der Waals surface area contributed by atoms with Crippen LogP contribution in [-0.2, 0) is 17.9 Å². The average Bonchev–Trinajstić information content (AvgIpc) is 2.91. The van der Waals surface area contributed by atoms with Gasteiger partial charge in [0, 0.05) is 15.8 Å². The topological polar surface area (TPSA) is 72.7 Å². The number of carbonyl (C=O) groups is 1. The molecule has 178 valence electrons. The first-order valence-corrected chi connectivity index (χ1v) is 11.8. The highest BCUT2D eigenvalue weighted by Crippen LogP contribution is 2.19. The second-order valence-corrected chi connectivity index (χ2v) is 8.67. The van der Waals surface area contributed by atoms with Crippen LogP contribution in [0.5, 0.6) is 5.75 Å². The zero-order valence-electron chi connectivity index (χ0n) is 19.2. The molecule has 0 aliphatic rings. The molecule has 36 heavy (non-hydrogen) atoms. The summed E-state index contributed by atoms with van der Waals surface area (Å²) in [6, 6.07) is 29.5. The highest BCUT2D eigenvalue weighted by molar-refractivity contribution is 6.30. The third-order valence-corrected chi connectivity index (χ3v) is 6.01. The van der Waals surface area contributed by atoms with Gasteiger partial charge in [0.2, 0.25) is 0 Å². The first-order valence-electron chi connectivity index (χ1n) is 11.4. The van der Waals surface area contributed by atoms with Crippen molar-refractivity contribution < 1.29 is 9.53 Å². The van der Waals surface area contributed by atoms with Gasteiger partial charge in [-0.25, -0.2) is 5.43 Å². The smallest absolute Gasteiger partial charge is 0.260 e. The van der Waals surface area contributed by atoms with Crippen LogP contribution < -0.4 is 15.6 Å². The van der Waals surface area contributed by atoms with Gasteiger partial charge in [-0.1, -0.05) is 60.1 Å². The lowest BCUT2D eigenvalue weighted by atomic mass is 10.1. The minimum absolute atomic E-state index is 0.0168. The number of fused-ring (bicyclic) bond motifs is 2. The molecule has 0 saturated carbocycles. The zero-order valence-corrected chi connectivity index (χ0v) is 20.0. The van der Waals surface area contributed by atoms with Gasteiger partial charge in [-0.2, -0.15) is 5.10 Å². The number of carbonyl (C=O) groups excluding carboxylic acids is 1. The largest absolute Gasteiger partial charge is 0.489 e. The Labute approximate surface area is 212 Å². The Morgan fingerprint density at radius 3 is 2.25 bits per heavy atom. The Morgan fingerprint density at radius 1 is 0.889 bits per heavy atom. The van der Waals surface area contributed by atoms with Crippen molar-refractivity contribution in [3.05, 3.63) is 123 Å². The monoisotopic (exact) mass is 495 g/mol. The molecule has 5 aromatic rings. The predicted octanol–water partition coefficient (Wildman–Crippen LogP) is 5.54. The maximum atomic E-state index is 12.9. The van der Waals surface area contributed by atoms with Crippen molar-refractivity contribution in [2.75, 3.05) is 0 Å². The predicted molar refractivity (Wildman–Crippen MR) is 144 cm³/mol. The molecule has 0 radical (unpaired) electrons. The lowest BCUT2D eigenvalue weighted by Gasteiger charge is -2.14. The van der Waals surface area contributed by atoms with Crippen molar-refractivity contribution in [2.45, 2.75) is 13.2 Å². The number of nitrogens with zero attached hydrogens (tertiary/aromatic N) is 2. The highest BCUT2D eigenvalue weighted by atomic mass is 35.5. The lowest BCUT2D eigenvalue weighted by Crippen LogP contribution is -2.25. The van der Waals surface area contributed by atoms with E-state index in [0.717, 1.165) is 11.1 Å². The number of aromatic nitrogens is 1. The molecule has 1 N–H and O–H groups in total. The number of halogens is 1. The fourth-order valence-corrected chi connectivity index (χ4v) is 4.16. The number of hydrogen-bond acceptors (Lipinski definition) is 4. The van der Waals surface area contributed by atoms with Crippen LogP contribution >= 0.6 is 11.6 Å².